The van der Waals surface area contributed by atoms with E-state index in [2.05, 4.69) is 20.5 Å². The van der Waals surface area contributed by atoms with Crippen LogP contribution < -0.4 is 10.1 Å². The highest BCUT2D eigenvalue weighted by Crippen LogP contribution is 2.24. The van der Waals surface area contributed by atoms with Gasteiger partial charge in [-0.05, 0) is 18.6 Å². The van der Waals surface area contributed by atoms with E-state index in [9.17, 15) is 4.79 Å². The molecule has 6 heteroatoms. The number of nitrogens with zero attached hydrogens (tertiary/aromatic N) is 2. The highest BCUT2D eigenvalue weighted by molar-refractivity contribution is 6.02. The van der Waals surface area contributed by atoms with Gasteiger partial charge >= 0.3 is 0 Å². The molecule has 0 aliphatic rings. The summed E-state index contributed by atoms with van der Waals surface area (Å²) in [5.41, 5.74) is 0.617. The zero-order valence-corrected chi connectivity index (χ0v) is 12.5. The number of carbonyl (C=O) groups is 1. The van der Waals surface area contributed by atoms with Crippen molar-refractivity contribution in [3.63, 3.8) is 0 Å². The molecular formula is C15H20N4O2. The fourth-order valence-electron chi connectivity index (χ4n) is 1.72. The monoisotopic (exact) mass is 288 g/mol. The summed E-state index contributed by atoms with van der Waals surface area (Å²) in [7, 11) is 0. The Bertz CT molecular complexity index is 607. The van der Waals surface area contributed by atoms with Crippen LogP contribution >= 0.6 is 0 Å². The lowest BCUT2D eigenvalue weighted by Crippen LogP contribution is -2.15. The molecule has 1 amide bonds. The van der Waals surface area contributed by atoms with Gasteiger partial charge in [0.15, 0.2) is 0 Å². The van der Waals surface area contributed by atoms with Crippen molar-refractivity contribution in [1.29, 1.82) is 0 Å². The second-order valence-corrected chi connectivity index (χ2v) is 5.00. The number of amides is 1. The number of aromatic amines is 1. The molecule has 0 spiro atoms. The highest BCUT2D eigenvalue weighted by atomic mass is 16.5. The van der Waals surface area contributed by atoms with E-state index in [0.29, 0.717) is 23.9 Å². The van der Waals surface area contributed by atoms with E-state index >= 15 is 0 Å². The number of carbonyl (C=O) groups excluding carboxylic acids is 1. The average molecular weight is 288 g/mol. The Kier molecular flexibility index (Phi) is 4.92. The van der Waals surface area contributed by atoms with Gasteiger partial charge in [0, 0.05) is 5.92 Å². The number of rotatable bonds is 6. The zero-order chi connectivity index (χ0) is 15.2. The van der Waals surface area contributed by atoms with Gasteiger partial charge in [0.05, 0.1) is 12.3 Å². The second-order valence-electron chi connectivity index (χ2n) is 5.00. The van der Waals surface area contributed by atoms with E-state index in [1.165, 1.54) is 0 Å². The van der Waals surface area contributed by atoms with Crippen LogP contribution in [0.2, 0.25) is 0 Å². The third-order valence-corrected chi connectivity index (χ3v) is 2.85. The Morgan fingerprint density at radius 1 is 1.38 bits per heavy atom. The molecule has 0 aliphatic heterocycles. The first-order valence-corrected chi connectivity index (χ1v) is 7.07. The SMILES string of the molecule is CCCOc1ccccc1NC(=O)c1n[nH]c(C(C)C)n1. The van der Waals surface area contributed by atoms with Gasteiger partial charge in [-0.2, -0.15) is 0 Å². The quantitative estimate of drug-likeness (QED) is 0.856. The van der Waals surface area contributed by atoms with Gasteiger partial charge in [0.25, 0.3) is 5.91 Å². The van der Waals surface area contributed by atoms with Crippen LogP contribution in [-0.2, 0) is 0 Å². The molecule has 21 heavy (non-hydrogen) atoms. The first-order chi connectivity index (χ1) is 10.1. The summed E-state index contributed by atoms with van der Waals surface area (Å²) >= 11 is 0. The average Bonchev–Trinajstić information content (AvgIpc) is 2.96. The number of anilines is 1. The molecule has 2 aromatic rings. The molecule has 0 radical (unpaired) electrons. The first kappa shape index (κ1) is 15.0. The van der Waals surface area contributed by atoms with Gasteiger partial charge in [-0.3, -0.25) is 9.89 Å². The fourth-order valence-corrected chi connectivity index (χ4v) is 1.72. The van der Waals surface area contributed by atoms with Crippen molar-refractivity contribution >= 4 is 11.6 Å². The molecule has 0 saturated heterocycles. The van der Waals surface area contributed by atoms with Crippen molar-refractivity contribution in [1.82, 2.24) is 15.2 Å². The molecule has 2 N–H and O–H groups in total. The van der Waals surface area contributed by atoms with Gasteiger partial charge in [0.2, 0.25) is 5.82 Å². The van der Waals surface area contributed by atoms with E-state index in [0.717, 1.165) is 6.42 Å². The molecule has 0 unspecified atom stereocenters. The summed E-state index contributed by atoms with van der Waals surface area (Å²) in [6.07, 6.45) is 0.904. The van der Waals surface area contributed by atoms with E-state index in [-0.39, 0.29) is 17.6 Å². The Labute approximate surface area is 123 Å². The maximum Gasteiger partial charge on any atom is 0.295 e. The minimum Gasteiger partial charge on any atom is -0.491 e. The van der Waals surface area contributed by atoms with Crippen molar-refractivity contribution in [2.24, 2.45) is 0 Å². The van der Waals surface area contributed by atoms with Crippen LogP contribution in [0.15, 0.2) is 24.3 Å². The van der Waals surface area contributed by atoms with Crippen molar-refractivity contribution in [2.45, 2.75) is 33.1 Å². The summed E-state index contributed by atoms with van der Waals surface area (Å²) in [5, 5.41) is 9.48. The number of H-pyrrole nitrogens is 1. The third kappa shape index (κ3) is 3.81. The number of benzene rings is 1. The highest BCUT2D eigenvalue weighted by Gasteiger charge is 2.15. The zero-order valence-electron chi connectivity index (χ0n) is 12.5. The second kappa shape index (κ2) is 6.88. The van der Waals surface area contributed by atoms with Crippen LogP contribution in [0.25, 0.3) is 0 Å². The predicted molar refractivity (Wildman–Crippen MR) is 80.7 cm³/mol. The topological polar surface area (TPSA) is 79.9 Å². The van der Waals surface area contributed by atoms with E-state index < -0.39 is 0 Å². The van der Waals surface area contributed by atoms with Crippen LogP contribution in [0.4, 0.5) is 5.69 Å². The summed E-state index contributed by atoms with van der Waals surface area (Å²) in [6, 6.07) is 7.32. The van der Waals surface area contributed by atoms with Gasteiger partial charge < -0.3 is 10.1 Å². The Morgan fingerprint density at radius 2 is 2.14 bits per heavy atom. The molecule has 0 bridgehead atoms. The maximum absolute atomic E-state index is 12.2. The molecule has 1 heterocycles. The molecule has 0 atom stereocenters. The third-order valence-electron chi connectivity index (χ3n) is 2.85. The standard InChI is InChI=1S/C15H20N4O2/c1-4-9-21-12-8-6-5-7-11(12)16-15(20)14-17-13(10(2)3)18-19-14/h5-8,10H,4,9H2,1-3H3,(H,16,20)(H,17,18,19). The molecule has 2 rings (SSSR count). The molecule has 0 saturated carbocycles. The van der Waals surface area contributed by atoms with Gasteiger partial charge in [-0.25, -0.2) is 4.98 Å². The van der Waals surface area contributed by atoms with Crippen LogP contribution in [0.5, 0.6) is 5.75 Å². The van der Waals surface area contributed by atoms with E-state index in [4.69, 9.17) is 4.74 Å². The van der Waals surface area contributed by atoms with Gasteiger partial charge in [0.1, 0.15) is 11.6 Å². The number of hydrogen-bond donors (Lipinski definition) is 2. The van der Waals surface area contributed by atoms with Crippen molar-refractivity contribution in [3.05, 3.63) is 35.9 Å². The molecule has 112 valence electrons. The summed E-state index contributed by atoms with van der Waals surface area (Å²) in [5.74, 6) is 1.30. The van der Waals surface area contributed by atoms with Crippen LogP contribution in [0.3, 0.4) is 0 Å². The molecular weight excluding hydrogens is 268 g/mol. The minimum atomic E-state index is -0.356. The van der Waals surface area contributed by atoms with Gasteiger partial charge in [-0.15, -0.1) is 5.10 Å². The molecule has 1 aromatic carbocycles. The lowest BCUT2D eigenvalue weighted by Gasteiger charge is -2.10. The smallest absolute Gasteiger partial charge is 0.295 e. The lowest BCUT2D eigenvalue weighted by molar-refractivity contribution is 0.101. The summed E-state index contributed by atoms with van der Waals surface area (Å²) in [6.45, 7) is 6.60. The van der Waals surface area contributed by atoms with Gasteiger partial charge in [-0.1, -0.05) is 32.9 Å². The van der Waals surface area contributed by atoms with Crippen molar-refractivity contribution in [3.8, 4) is 5.75 Å². The van der Waals surface area contributed by atoms with Crippen molar-refractivity contribution in [2.75, 3.05) is 11.9 Å². The number of aromatic nitrogens is 3. The minimum absolute atomic E-state index is 0.129. The Hall–Kier alpha value is -2.37. The first-order valence-electron chi connectivity index (χ1n) is 7.07. The maximum atomic E-state index is 12.2. The number of para-hydroxylation sites is 2. The Morgan fingerprint density at radius 3 is 2.81 bits per heavy atom. The van der Waals surface area contributed by atoms with Crippen LogP contribution in [-0.4, -0.2) is 27.7 Å². The predicted octanol–water partition coefficient (Wildman–Crippen LogP) is 2.97. The molecule has 0 aliphatic carbocycles. The molecule has 6 nitrogen and oxygen atoms in total. The summed E-state index contributed by atoms with van der Waals surface area (Å²) < 4.78 is 5.60. The largest absolute Gasteiger partial charge is 0.491 e. The summed E-state index contributed by atoms with van der Waals surface area (Å²) in [4.78, 5) is 16.3. The van der Waals surface area contributed by atoms with Crippen molar-refractivity contribution < 1.29 is 9.53 Å². The molecule has 0 fully saturated rings. The van der Waals surface area contributed by atoms with Crippen LogP contribution in [0, 0.1) is 0 Å². The number of nitrogens with one attached hydrogen (secondary N) is 2. The van der Waals surface area contributed by atoms with E-state index in [1.54, 1.807) is 6.07 Å². The number of ether oxygens (including phenoxy) is 1. The lowest BCUT2D eigenvalue weighted by atomic mass is 10.2. The normalized spacial score (nSPS) is 10.7. The van der Waals surface area contributed by atoms with E-state index in [1.807, 2.05) is 39.0 Å². The molecule has 1 aromatic heterocycles. The Balaban J connectivity index is 2.11. The van der Waals surface area contributed by atoms with Crippen LogP contribution in [0.1, 0.15) is 49.6 Å². The number of hydrogen-bond acceptors (Lipinski definition) is 4. The fraction of sp³-hybridized carbons (Fsp3) is 0.400.